The Morgan fingerprint density at radius 1 is 1.31 bits per heavy atom. The highest BCUT2D eigenvalue weighted by atomic mass is 16.4. The molecule has 0 heterocycles. The SMILES string of the molecule is C[C@@H]1[C@@H](C(=O)O)[C@H]1c1ccccc1. The van der Waals surface area contributed by atoms with Crippen molar-refractivity contribution in [3.05, 3.63) is 35.9 Å². The van der Waals surface area contributed by atoms with Crippen LogP contribution in [-0.4, -0.2) is 11.1 Å². The second-order valence-electron chi connectivity index (χ2n) is 3.66. The molecule has 68 valence electrons. The van der Waals surface area contributed by atoms with Gasteiger partial charge >= 0.3 is 5.97 Å². The monoisotopic (exact) mass is 176 g/mol. The van der Waals surface area contributed by atoms with Crippen LogP contribution in [0.1, 0.15) is 18.4 Å². The summed E-state index contributed by atoms with van der Waals surface area (Å²) in [5.41, 5.74) is 1.16. The summed E-state index contributed by atoms with van der Waals surface area (Å²) in [5, 5.41) is 8.86. The Kier molecular flexibility index (Phi) is 1.83. The van der Waals surface area contributed by atoms with E-state index in [1.54, 1.807) is 0 Å². The molecule has 1 aliphatic carbocycles. The number of carboxylic acid groups (broad SMARTS) is 1. The average Bonchev–Trinajstić information content (AvgIpc) is 2.79. The van der Waals surface area contributed by atoms with E-state index >= 15 is 0 Å². The first-order chi connectivity index (χ1) is 6.22. The Labute approximate surface area is 77.2 Å². The topological polar surface area (TPSA) is 37.3 Å². The van der Waals surface area contributed by atoms with Crippen LogP contribution in [0.15, 0.2) is 30.3 Å². The number of carbonyl (C=O) groups is 1. The number of aliphatic carboxylic acids is 1. The average molecular weight is 176 g/mol. The van der Waals surface area contributed by atoms with Crippen molar-refractivity contribution < 1.29 is 9.90 Å². The first-order valence-electron chi connectivity index (χ1n) is 4.49. The molecule has 3 atom stereocenters. The third-order valence-corrected chi connectivity index (χ3v) is 2.85. The zero-order valence-electron chi connectivity index (χ0n) is 7.47. The van der Waals surface area contributed by atoms with Crippen molar-refractivity contribution in [3.8, 4) is 0 Å². The number of carboxylic acids is 1. The van der Waals surface area contributed by atoms with Gasteiger partial charge in [-0.15, -0.1) is 0 Å². The third kappa shape index (κ3) is 1.32. The van der Waals surface area contributed by atoms with Crippen molar-refractivity contribution in [2.75, 3.05) is 0 Å². The smallest absolute Gasteiger partial charge is 0.307 e. The van der Waals surface area contributed by atoms with Gasteiger partial charge < -0.3 is 5.11 Å². The lowest BCUT2D eigenvalue weighted by Crippen LogP contribution is -1.99. The minimum Gasteiger partial charge on any atom is -0.481 e. The molecule has 1 N–H and O–H groups in total. The molecular weight excluding hydrogens is 164 g/mol. The van der Waals surface area contributed by atoms with Crippen LogP contribution in [0.4, 0.5) is 0 Å². The lowest BCUT2D eigenvalue weighted by Gasteiger charge is -1.96. The summed E-state index contributed by atoms with van der Waals surface area (Å²) in [6.45, 7) is 2.00. The van der Waals surface area contributed by atoms with Crippen molar-refractivity contribution in [2.45, 2.75) is 12.8 Å². The predicted octanol–water partition coefficient (Wildman–Crippen LogP) is 2.12. The van der Waals surface area contributed by atoms with E-state index in [0.717, 1.165) is 5.56 Å². The Morgan fingerprint density at radius 3 is 2.38 bits per heavy atom. The molecule has 13 heavy (non-hydrogen) atoms. The van der Waals surface area contributed by atoms with Gasteiger partial charge in [-0.3, -0.25) is 4.79 Å². The molecule has 2 nitrogen and oxygen atoms in total. The van der Waals surface area contributed by atoms with E-state index in [1.807, 2.05) is 37.3 Å². The second kappa shape index (κ2) is 2.87. The van der Waals surface area contributed by atoms with Gasteiger partial charge in [0.05, 0.1) is 5.92 Å². The van der Waals surface area contributed by atoms with E-state index in [-0.39, 0.29) is 11.8 Å². The van der Waals surface area contributed by atoms with Crippen molar-refractivity contribution in [1.82, 2.24) is 0 Å². The molecule has 1 fully saturated rings. The van der Waals surface area contributed by atoms with Gasteiger partial charge in [-0.05, 0) is 11.5 Å². The Hall–Kier alpha value is -1.31. The first-order valence-corrected chi connectivity index (χ1v) is 4.49. The van der Waals surface area contributed by atoms with Gasteiger partial charge in [-0.25, -0.2) is 0 Å². The molecule has 0 aliphatic heterocycles. The summed E-state index contributed by atoms with van der Waals surface area (Å²) in [7, 11) is 0. The lowest BCUT2D eigenvalue weighted by molar-refractivity contribution is -0.138. The maximum atomic E-state index is 10.8. The van der Waals surface area contributed by atoms with Crippen molar-refractivity contribution in [1.29, 1.82) is 0 Å². The van der Waals surface area contributed by atoms with Crippen LogP contribution < -0.4 is 0 Å². The van der Waals surface area contributed by atoms with Gasteiger partial charge in [-0.2, -0.15) is 0 Å². The number of benzene rings is 1. The van der Waals surface area contributed by atoms with Gasteiger partial charge in [0.25, 0.3) is 0 Å². The molecule has 0 saturated heterocycles. The largest absolute Gasteiger partial charge is 0.481 e. The molecule has 0 aromatic heterocycles. The lowest BCUT2D eigenvalue weighted by atomic mass is 10.1. The van der Waals surface area contributed by atoms with E-state index < -0.39 is 5.97 Å². The quantitative estimate of drug-likeness (QED) is 0.749. The fourth-order valence-electron chi connectivity index (χ4n) is 2.03. The van der Waals surface area contributed by atoms with E-state index in [1.165, 1.54) is 0 Å². The normalized spacial score (nSPS) is 31.3. The highest BCUT2D eigenvalue weighted by Crippen LogP contribution is 2.53. The summed E-state index contributed by atoms with van der Waals surface area (Å²) < 4.78 is 0. The molecule has 1 saturated carbocycles. The Bertz CT molecular complexity index is 318. The molecule has 1 aromatic carbocycles. The predicted molar refractivity (Wildman–Crippen MR) is 49.5 cm³/mol. The molecule has 0 spiro atoms. The van der Waals surface area contributed by atoms with Crippen LogP contribution in [0, 0.1) is 11.8 Å². The Morgan fingerprint density at radius 2 is 1.92 bits per heavy atom. The molecular formula is C11H12O2. The standard InChI is InChI=1S/C11H12O2/c1-7-9(10(7)11(12)13)8-5-3-2-4-6-8/h2-7,9-10H,1H3,(H,12,13)/t7-,9+,10+/m0/s1. The van der Waals surface area contributed by atoms with Gasteiger partial charge in [0.2, 0.25) is 0 Å². The van der Waals surface area contributed by atoms with E-state index in [0.29, 0.717) is 5.92 Å². The van der Waals surface area contributed by atoms with Crippen LogP contribution in [-0.2, 0) is 4.79 Å². The van der Waals surface area contributed by atoms with Crippen molar-refractivity contribution in [3.63, 3.8) is 0 Å². The van der Waals surface area contributed by atoms with E-state index in [4.69, 9.17) is 5.11 Å². The van der Waals surface area contributed by atoms with Crippen molar-refractivity contribution >= 4 is 5.97 Å². The molecule has 1 aliphatic rings. The Balaban J connectivity index is 2.18. The molecule has 1 aromatic rings. The highest BCUT2D eigenvalue weighted by Gasteiger charge is 2.52. The molecule has 0 amide bonds. The van der Waals surface area contributed by atoms with Crippen LogP contribution in [0.2, 0.25) is 0 Å². The summed E-state index contributed by atoms with van der Waals surface area (Å²) in [5.74, 6) is -0.303. The maximum absolute atomic E-state index is 10.8. The minimum absolute atomic E-state index is 0.164. The highest BCUT2D eigenvalue weighted by molar-refractivity contribution is 5.76. The van der Waals surface area contributed by atoms with Crippen LogP contribution in [0.25, 0.3) is 0 Å². The van der Waals surface area contributed by atoms with Crippen LogP contribution in [0.5, 0.6) is 0 Å². The zero-order chi connectivity index (χ0) is 9.42. The summed E-state index contributed by atoms with van der Waals surface area (Å²) in [6, 6.07) is 9.87. The zero-order valence-corrected chi connectivity index (χ0v) is 7.47. The van der Waals surface area contributed by atoms with E-state index in [9.17, 15) is 4.79 Å². The first kappa shape index (κ1) is 8.30. The number of hydrogen-bond donors (Lipinski definition) is 1. The van der Waals surface area contributed by atoms with Gasteiger partial charge in [0.1, 0.15) is 0 Å². The van der Waals surface area contributed by atoms with Gasteiger partial charge in [0, 0.05) is 5.92 Å². The third-order valence-electron chi connectivity index (χ3n) is 2.85. The minimum atomic E-state index is -0.665. The maximum Gasteiger partial charge on any atom is 0.307 e. The van der Waals surface area contributed by atoms with Crippen LogP contribution in [0.3, 0.4) is 0 Å². The van der Waals surface area contributed by atoms with Gasteiger partial charge in [-0.1, -0.05) is 37.3 Å². The molecule has 0 radical (unpaired) electrons. The van der Waals surface area contributed by atoms with Crippen molar-refractivity contribution in [2.24, 2.45) is 11.8 Å². The fourth-order valence-corrected chi connectivity index (χ4v) is 2.03. The number of rotatable bonds is 2. The molecule has 2 rings (SSSR count). The number of hydrogen-bond acceptors (Lipinski definition) is 1. The molecule has 2 heteroatoms. The van der Waals surface area contributed by atoms with E-state index in [2.05, 4.69) is 0 Å². The molecule has 0 unspecified atom stereocenters. The second-order valence-corrected chi connectivity index (χ2v) is 3.66. The van der Waals surface area contributed by atoms with Gasteiger partial charge in [0.15, 0.2) is 0 Å². The summed E-state index contributed by atoms with van der Waals surface area (Å²) in [4.78, 5) is 10.8. The summed E-state index contributed by atoms with van der Waals surface area (Å²) >= 11 is 0. The van der Waals surface area contributed by atoms with Crippen LogP contribution >= 0.6 is 0 Å². The summed E-state index contributed by atoms with van der Waals surface area (Å²) in [6.07, 6.45) is 0. The fraction of sp³-hybridized carbons (Fsp3) is 0.364. The molecule has 0 bridgehead atoms.